The van der Waals surface area contributed by atoms with Crippen LogP contribution in [0.25, 0.3) is 0 Å². The summed E-state index contributed by atoms with van der Waals surface area (Å²) in [7, 11) is 1.80. The Hall–Kier alpha value is -1.50. The summed E-state index contributed by atoms with van der Waals surface area (Å²) in [5.41, 5.74) is 0. The third-order valence-electron chi connectivity index (χ3n) is 1.86. The molecule has 1 N–H and O–H groups in total. The van der Waals surface area contributed by atoms with E-state index in [2.05, 4.69) is 41.8 Å². The molecule has 2 rings (SSSR count). The van der Waals surface area contributed by atoms with E-state index in [0.717, 1.165) is 16.1 Å². The molecule has 0 bridgehead atoms. The van der Waals surface area contributed by atoms with Crippen LogP contribution in [0.3, 0.4) is 0 Å². The van der Waals surface area contributed by atoms with Gasteiger partial charge in [-0.15, -0.1) is 5.10 Å². The number of hydrogen-bond donors (Lipinski definition) is 1. The SMILES string of the molecule is Cn1nnnc1CNc1ccc(Br)cn1. The van der Waals surface area contributed by atoms with Crippen molar-refractivity contribution >= 4 is 21.7 Å². The van der Waals surface area contributed by atoms with Crippen LogP contribution in [0.2, 0.25) is 0 Å². The highest BCUT2D eigenvalue weighted by Crippen LogP contribution is 2.10. The molecule has 0 fully saturated rings. The van der Waals surface area contributed by atoms with Crippen molar-refractivity contribution < 1.29 is 0 Å². The van der Waals surface area contributed by atoms with Crippen LogP contribution in [0.15, 0.2) is 22.8 Å². The molecule has 7 heteroatoms. The number of pyridine rings is 1. The minimum atomic E-state index is 0.554. The van der Waals surface area contributed by atoms with E-state index in [1.165, 1.54) is 0 Å². The molecule has 0 aromatic carbocycles. The summed E-state index contributed by atoms with van der Waals surface area (Å²) in [5.74, 6) is 1.56. The minimum Gasteiger partial charge on any atom is -0.363 e. The zero-order valence-electron chi connectivity index (χ0n) is 8.05. The van der Waals surface area contributed by atoms with Gasteiger partial charge < -0.3 is 5.32 Å². The van der Waals surface area contributed by atoms with Gasteiger partial charge in [-0.2, -0.15) is 0 Å². The maximum atomic E-state index is 4.17. The van der Waals surface area contributed by atoms with E-state index < -0.39 is 0 Å². The second kappa shape index (κ2) is 4.35. The molecule has 0 unspecified atom stereocenters. The standard InChI is InChI=1S/C8H9BrN6/c1-15-8(12-13-14-15)5-11-7-3-2-6(9)4-10-7/h2-4H,5H2,1H3,(H,10,11). The molecule has 0 aliphatic carbocycles. The second-order valence-corrected chi connectivity index (χ2v) is 3.85. The smallest absolute Gasteiger partial charge is 0.170 e. The number of nitrogens with zero attached hydrogens (tertiary/aromatic N) is 5. The highest BCUT2D eigenvalue weighted by molar-refractivity contribution is 9.10. The molecule has 78 valence electrons. The molecule has 6 nitrogen and oxygen atoms in total. The number of rotatable bonds is 3. The van der Waals surface area contributed by atoms with E-state index in [4.69, 9.17) is 0 Å². The summed E-state index contributed by atoms with van der Waals surface area (Å²) in [6.45, 7) is 0.554. The van der Waals surface area contributed by atoms with Gasteiger partial charge in [0.15, 0.2) is 5.82 Å². The van der Waals surface area contributed by atoms with Gasteiger partial charge in [-0.05, 0) is 38.5 Å². The highest BCUT2D eigenvalue weighted by atomic mass is 79.9. The van der Waals surface area contributed by atoms with Crippen LogP contribution in [0.1, 0.15) is 5.82 Å². The highest BCUT2D eigenvalue weighted by Gasteiger charge is 2.01. The molecule has 0 amide bonds. The van der Waals surface area contributed by atoms with Gasteiger partial charge in [0, 0.05) is 17.7 Å². The first kappa shape index (κ1) is 10.0. The van der Waals surface area contributed by atoms with E-state index in [9.17, 15) is 0 Å². The molecule has 2 heterocycles. The predicted octanol–water partition coefficient (Wildman–Crippen LogP) is 0.980. The first-order chi connectivity index (χ1) is 7.25. The quantitative estimate of drug-likeness (QED) is 0.899. The molecule has 2 aromatic rings. The van der Waals surface area contributed by atoms with Gasteiger partial charge >= 0.3 is 0 Å². The van der Waals surface area contributed by atoms with Crippen molar-refractivity contribution in [2.24, 2.45) is 7.05 Å². The first-order valence-electron chi connectivity index (χ1n) is 4.32. The van der Waals surface area contributed by atoms with Crippen LogP contribution in [0.5, 0.6) is 0 Å². The Kier molecular flexibility index (Phi) is 2.91. The fraction of sp³-hybridized carbons (Fsp3) is 0.250. The Bertz CT molecular complexity index is 437. The lowest BCUT2D eigenvalue weighted by Crippen LogP contribution is -2.07. The number of halogens is 1. The van der Waals surface area contributed by atoms with Crippen LogP contribution >= 0.6 is 15.9 Å². The topological polar surface area (TPSA) is 68.5 Å². The van der Waals surface area contributed by atoms with Gasteiger partial charge in [0.25, 0.3) is 0 Å². The maximum Gasteiger partial charge on any atom is 0.170 e. The Balaban J connectivity index is 1.99. The zero-order chi connectivity index (χ0) is 10.7. The maximum absolute atomic E-state index is 4.17. The van der Waals surface area contributed by atoms with Crippen LogP contribution in [0, 0.1) is 0 Å². The van der Waals surface area contributed by atoms with E-state index in [0.29, 0.717) is 6.54 Å². The average molecular weight is 269 g/mol. The molecule has 0 radical (unpaired) electrons. The number of tetrazole rings is 1. The molecular weight excluding hydrogens is 260 g/mol. The van der Waals surface area contributed by atoms with E-state index >= 15 is 0 Å². The summed E-state index contributed by atoms with van der Waals surface area (Å²) >= 11 is 3.32. The lowest BCUT2D eigenvalue weighted by molar-refractivity contribution is 0.683. The monoisotopic (exact) mass is 268 g/mol. The molecule has 0 spiro atoms. The molecule has 2 aromatic heterocycles. The minimum absolute atomic E-state index is 0.554. The van der Waals surface area contributed by atoms with E-state index in [1.807, 2.05) is 12.1 Å². The number of nitrogens with one attached hydrogen (secondary N) is 1. The predicted molar refractivity (Wildman–Crippen MR) is 58.1 cm³/mol. The Labute approximate surface area is 94.8 Å². The van der Waals surface area contributed by atoms with Crippen molar-refractivity contribution in [1.29, 1.82) is 0 Å². The number of anilines is 1. The third kappa shape index (κ3) is 2.50. The Morgan fingerprint density at radius 1 is 1.47 bits per heavy atom. The van der Waals surface area contributed by atoms with Crippen molar-refractivity contribution in [2.45, 2.75) is 6.54 Å². The Morgan fingerprint density at radius 2 is 2.33 bits per heavy atom. The lowest BCUT2D eigenvalue weighted by atomic mass is 10.4. The van der Waals surface area contributed by atoms with Crippen molar-refractivity contribution in [3.05, 3.63) is 28.6 Å². The third-order valence-corrected chi connectivity index (χ3v) is 2.33. The van der Waals surface area contributed by atoms with Crippen molar-refractivity contribution in [3.63, 3.8) is 0 Å². The molecular formula is C8H9BrN6. The Morgan fingerprint density at radius 3 is 2.93 bits per heavy atom. The molecule has 0 saturated heterocycles. The van der Waals surface area contributed by atoms with Gasteiger partial charge in [-0.25, -0.2) is 9.67 Å². The van der Waals surface area contributed by atoms with Crippen molar-refractivity contribution in [1.82, 2.24) is 25.2 Å². The lowest BCUT2D eigenvalue weighted by Gasteiger charge is -2.03. The molecule has 0 saturated carbocycles. The van der Waals surface area contributed by atoms with E-state index in [1.54, 1.807) is 17.9 Å². The van der Waals surface area contributed by atoms with Crippen molar-refractivity contribution in [2.75, 3.05) is 5.32 Å². The second-order valence-electron chi connectivity index (χ2n) is 2.93. The summed E-state index contributed by atoms with van der Waals surface area (Å²) in [5, 5.41) is 14.2. The fourth-order valence-electron chi connectivity index (χ4n) is 1.05. The number of aryl methyl sites for hydroxylation is 1. The van der Waals surface area contributed by atoms with Gasteiger partial charge in [-0.1, -0.05) is 0 Å². The molecule has 15 heavy (non-hydrogen) atoms. The summed E-state index contributed by atoms with van der Waals surface area (Å²) in [6, 6.07) is 3.80. The van der Waals surface area contributed by atoms with Gasteiger partial charge in [-0.3, -0.25) is 0 Å². The molecule has 0 atom stereocenters. The van der Waals surface area contributed by atoms with Gasteiger partial charge in [0.1, 0.15) is 5.82 Å². The largest absolute Gasteiger partial charge is 0.363 e. The van der Waals surface area contributed by atoms with Crippen LogP contribution in [0.4, 0.5) is 5.82 Å². The van der Waals surface area contributed by atoms with E-state index in [-0.39, 0.29) is 0 Å². The molecule has 0 aliphatic heterocycles. The molecule has 0 aliphatic rings. The summed E-state index contributed by atoms with van der Waals surface area (Å²) in [4.78, 5) is 4.17. The normalized spacial score (nSPS) is 10.3. The van der Waals surface area contributed by atoms with Gasteiger partial charge in [0.2, 0.25) is 0 Å². The van der Waals surface area contributed by atoms with Crippen molar-refractivity contribution in [3.8, 4) is 0 Å². The summed E-state index contributed by atoms with van der Waals surface area (Å²) < 4.78 is 2.57. The average Bonchev–Trinajstić information content (AvgIpc) is 2.63. The zero-order valence-corrected chi connectivity index (χ0v) is 9.64. The first-order valence-corrected chi connectivity index (χ1v) is 5.11. The fourth-order valence-corrected chi connectivity index (χ4v) is 1.28. The van der Waals surface area contributed by atoms with Crippen LogP contribution < -0.4 is 5.32 Å². The van der Waals surface area contributed by atoms with Gasteiger partial charge in [0.05, 0.1) is 6.54 Å². The summed E-state index contributed by atoms with van der Waals surface area (Å²) in [6.07, 6.45) is 1.73. The number of hydrogen-bond acceptors (Lipinski definition) is 5. The van der Waals surface area contributed by atoms with Crippen LogP contribution in [-0.2, 0) is 13.6 Å². The number of aromatic nitrogens is 5. The van der Waals surface area contributed by atoms with Crippen LogP contribution in [-0.4, -0.2) is 25.2 Å².